The Hall–Kier alpha value is -0.240. The van der Waals surface area contributed by atoms with E-state index in [1.807, 2.05) is 0 Å². The highest BCUT2D eigenvalue weighted by Gasteiger charge is 2.44. The van der Waals surface area contributed by atoms with Crippen molar-refractivity contribution in [3.63, 3.8) is 0 Å². The maximum absolute atomic E-state index is 9.75. The Kier molecular flexibility index (Phi) is 4.91. The van der Waals surface area contributed by atoms with E-state index in [-0.39, 0.29) is 6.61 Å². The summed E-state index contributed by atoms with van der Waals surface area (Å²) in [5, 5.41) is 19.3. The summed E-state index contributed by atoms with van der Waals surface area (Å²) in [5.41, 5.74) is 0. The summed E-state index contributed by atoms with van der Waals surface area (Å²) in [4.78, 5) is 0. The average Bonchev–Trinajstić information content (AvgIpc) is 2.24. The molecule has 6 nitrogen and oxygen atoms in total. The molecule has 0 radical (unpaired) electrons. The fraction of sp³-hybridized carbons (Fsp3) is 1.00. The van der Waals surface area contributed by atoms with Crippen molar-refractivity contribution in [2.75, 3.05) is 27.9 Å². The Labute approximate surface area is 88.7 Å². The minimum Gasteiger partial charge on any atom is -0.387 e. The largest absolute Gasteiger partial charge is 0.387 e. The fourth-order valence-corrected chi connectivity index (χ4v) is 1.69. The molecule has 1 aliphatic heterocycles. The quantitative estimate of drug-likeness (QED) is 0.618. The highest BCUT2D eigenvalue weighted by molar-refractivity contribution is 4.89. The summed E-state index contributed by atoms with van der Waals surface area (Å²) in [5.74, 6) is 0. The third-order valence-corrected chi connectivity index (χ3v) is 2.48. The van der Waals surface area contributed by atoms with Crippen molar-refractivity contribution in [2.24, 2.45) is 0 Å². The Morgan fingerprint density at radius 3 is 2.20 bits per heavy atom. The van der Waals surface area contributed by atoms with Crippen LogP contribution in [-0.4, -0.2) is 68.9 Å². The molecule has 0 bridgehead atoms. The van der Waals surface area contributed by atoms with E-state index in [4.69, 9.17) is 18.9 Å². The Balaban J connectivity index is 2.70. The van der Waals surface area contributed by atoms with Crippen molar-refractivity contribution in [1.82, 2.24) is 0 Å². The van der Waals surface area contributed by atoms with E-state index in [1.165, 1.54) is 21.3 Å². The second-order valence-electron chi connectivity index (χ2n) is 3.42. The summed E-state index contributed by atoms with van der Waals surface area (Å²) < 4.78 is 20.3. The number of rotatable bonds is 4. The number of aliphatic hydroxyl groups excluding tert-OH is 2. The average molecular weight is 222 g/mol. The lowest BCUT2D eigenvalue weighted by Crippen LogP contribution is -2.59. The van der Waals surface area contributed by atoms with Crippen LogP contribution in [0.1, 0.15) is 0 Å². The van der Waals surface area contributed by atoms with Crippen LogP contribution >= 0.6 is 0 Å². The molecule has 0 aliphatic carbocycles. The number of ether oxygens (including phenoxy) is 4. The molecular weight excluding hydrogens is 204 g/mol. The normalized spacial score (nSPS) is 41.8. The predicted octanol–water partition coefficient (Wildman–Crippen LogP) is -1.26. The van der Waals surface area contributed by atoms with Gasteiger partial charge in [-0.1, -0.05) is 0 Å². The van der Waals surface area contributed by atoms with Gasteiger partial charge in [-0.15, -0.1) is 0 Å². The van der Waals surface area contributed by atoms with Gasteiger partial charge in [-0.05, 0) is 0 Å². The molecule has 0 saturated carbocycles. The van der Waals surface area contributed by atoms with Crippen molar-refractivity contribution in [1.29, 1.82) is 0 Å². The molecule has 0 spiro atoms. The lowest BCUT2D eigenvalue weighted by atomic mass is 9.99. The van der Waals surface area contributed by atoms with E-state index in [1.54, 1.807) is 0 Å². The van der Waals surface area contributed by atoms with Crippen molar-refractivity contribution >= 4 is 0 Å². The van der Waals surface area contributed by atoms with Gasteiger partial charge in [0.25, 0.3) is 0 Å². The second kappa shape index (κ2) is 5.74. The van der Waals surface area contributed by atoms with Crippen molar-refractivity contribution < 1.29 is 29.2 Å². The molecule has 2 N–H and O–H groups in total. The maximum atomic E-state index is 9.75. The minimum atomic E-state index is -1.12. The zero-order valence-electron chi connectivity index (χ0n) is 9.12. The Bertz CT molecular complexity index is 187. The van der Waals surface area contributed by atoms with Crippen LogP contribution in [-0.2, 0) is 18.9 Å². The number of hydrogen-bond donors (Lipinski definition) is 2. The van der Waals surface area contributed by atoms with Gasteiger partial charge >= 0.3 is 0 Å². The lowest BCUT2D eigenvalue weighted by Gasteiger charge is -2.41. The van der Waals surface area contributed by atoms with Gasteiger partial charge in [0, 0.05) is 21.3 Å². The topological polar surface area (TPSA) is 77.4 Å². The van der Waals surface area contributed by atoms with Crippen LogP contribution in [0.25, 0.3) is 0 Å². The highest BCUT2D eigenvalue weighted by Crippen LogP contribution is 2.23. The first-order chi connectivity index (χ1) is 7.15. The van der Waals surface area contributed by atoms with Gasteiger partial charge in [-0.2, -0.15) is 0 Å². The van der Waals surface area contributed by atoms with Crippen LogP contribution in [0.3, 0.4) is 0 Å². The number of hydrogen-bond acceptors (Lipinski definition) is 6. The third-order valence-electron chi connectivity index (χ3n) is 2.48. The van der Waals surface area contributed by atoms with Crippen LogP contribution in [0.2, 0.25) is 0 Å². The second-order valence-corrected chi connectivity index (χ2v) is 3.42. The SMILES string of the molecule is COCC1O[C@@H](OC)C(O)C(O)[C@H]1OC. The first kappa shape index (κ1) is 12.8. The van der Waals surface area contributed by atoms with Crippen molar-refractivity contribution in [3.8, 4) is 0 Å². The monoisotopic (exact) mass is 222 g/mol. The molecule has 0 aromatic heterocycles. The zero-order valence-corrected chi connectivity index (χ0v) is 9.12. The summed E-state index contributed by atoms with van der Waals surface area (Å²) in [6.45, 7) is 0.266. The minimum absolute atomic E-state index is 0.266. The first-order valence-electron chi connectivity index (χ1n) is 4.71. The van der Waals surface area contributed by atoms with Gasteiger partial charge in [0.15, 0.2) is 6.29 Å². The predicted molar refractivity (Wildman–Crippen MR) is 50.4 cm³/mol. The van der Waals surface area contributed by atoms with E-state index in [0.29, 0.717) is 0 Å². The van der Waals surface area contributed by atoms with Gasteiger partial charge in [0.2, 0.25) is 0 Å². The van der Waals surface area contributed by atoms with Gasteiger partial charge in [-0.3, -0.25) is 0 Å². The van der Waals surface area contributed by atoms with Gasteiger partial charge in [-0.25, -0.2) is 0 Å². The van der Waals surface area contributed by atoms with Crippen LogP contribution < -0.4 is 0 Å². The van der Waals surface area contributed by atoms with Crippen LogP contribution in [0, 0.1) is 0 Å². The van der Waals surface area contributed by atoms with Gasteiger partial charge in [0.1, 0.15) is 24.4 Å². The van der Waals surface area contributed by atoms with Gasteiger partial charge < -0.3 is 29.2 Å². The molecule has 1 heterocycles. The molecule has 15 heavy (non-hydrogen) atoms. The molecule has 90 valence electrons. The molecule has 5 atom stereocenters. The van der Waals surface area contributed by atoms with Crippen LogP contribution in [0.15, 0.2) is 0 Å². The third kappa shape index (κ3) is 2.66. The molecule has 0 aromatic carbocycles. The summed E-state index contributed by atoms with van der Waals surface area (Å²) in [6, 6.07) is 0. The number of aliphatic hydroxyl groups is 2. The first-order valence-corrected chi connectivity index (χ1v) is 4.71. The molecule has 0 aromatic rings. The summed E-state index contributed by atoms with van der Waals surface area (Å²) in [6.07, 6.45) is -4.09. The van der Waals surface area contributed by atoms with E-state index in [9.17, 15) is 10.2 Å². The van der Waals surface area contributed by atoms with E-state index in [0.717, 1.165) is 0 Å². The van der Waals surface area contributed by atoms with Gasteiger partial charge in [0.05, 0.1) is 6.61 Å². The van der Waals surface area contributed by atoms with Crippen molar-refractivity contribution in [2.45, 2.75) is 30.7 Å². The smallest absolute Gasteiger partial charge is 0.186 e. The maximum Gasteiger partial charge on any atom is 0.186 e. The molecular formula is C9H18O6. The molecule has 1 rings (SSSR count). The fourth-order valence-electron chi connectivity index (χ4n) is 1.69. The van der Waals surface area contributed by atoms with E-state index in [2.05, 4.69) is 0 Å². The molecule has 1 saturated heterocycles. The summed E-state index contributed by atoms with van der Waals surface area (Å²) >= 11 is 0. The number of methoxy groups -OCH3 is 3. The molecule has 0 amide bonds. The standard InChI is InChI=1S/C9H18O6/c1-12-4-5-8(13-2)6(10)7(11)9(14-3)15-5/h5-11H,4H2,1-3H3/t5?,6?,7?,8-,9+/m0/s1. The molecule has 3 unspecified atom stereocenters. The van der Waals surface area contributed by atoms with E-state index >= 15 is 0 Å². The highest BCUT2D eigenvalue weighted by atomic mass is 16.7. The summed E-state index contributed by atoms with van der Waals surface area (Å²) in [7, 11) is 4.37. The Morgan fingerprint density at radius 2 is 1.73 bits per heavy atom. The van der Waals surface area contributed by atoms with E-state index < -0.39 is 30.7 Å². The van der Waals surface area contributed by atoms with Crippen LogP contribution in [0.5, 0.6) is 0 Å². The lowest BCUT2D eigenvalue weighted by molar-refractivity contribution is -0.299. The van der Waals surface area contributed by atoms with Crippen LogP contribution in [0.4, 0.5) is 0 Å². The molecule has 6 heteroatoms. The Morgan fingerprint density at radius 1 is 1.07 bits per heavy atom. The molecule has 1 fully saturated rings. The molecule has 1 aliphatic rings. The van der Waals surface area contributed by atoms with Crippen molar-refractivity contribution in [3.05, 3.63) is 0 Å². The zero-order chi connectivity index (χ0) is 11.4.